The molecule has 0 amide bonds. The second kappa shape index (κ2) is 6.11. The second-order valence-electron chi connectivity index (χ2n) is 4.08. The maximum absolute atomic E-state index is 5.21. The van der Waals surface area contributed by atoms with Gasteiger partial charge in [-0.2, -0.15) is 0 Å². The zero-order chi connectivity index (χ0) is 13.8. The van der Waals surface area contributed by atoms with E-state index in [-0.39, 0.29) is 0 Å². The summed E-state index contributed by atoms with van der Waals surface area (Å²) in [4.78, 5) is 5.59. The van der Waals surface area contributed by atoms with Gasteiger partial charge in [0.05, 0.1) is 12.0 Å². The molecule has 0 bridgehead atoms. The van der Waals surface area contributed by atoms with E-state index < -0.39 is 0 Å². The molecule has 0 unspecified atom stereocenters. The quantitative estimate of drug-likeness (QED) is 0.728. The van der Waals surface area contributed by atoms with Crippen molar-refractivity contribution in [1.82, 2.24) is 15.2 Å². The van der Waals surface area contributed by atoms with Crippen LogP contribution in [0, 0.1) is 0 Å². The van der Waals surface area contributed by atoms with Gasteiger partial charge in [-0.25, -0.2) is 4.98 Å². The number of nitrogens with one attached hydrogen (secondary N) is 1. The zero-order valence-corrected chi connectivity index (χ0v) is 12.5. The standard InChI is InChI=1S/C14H13N3OS2/c1-18-11-5-2-4-10(8-11)9-20-14-15-13(16-17-14)12-6-3-7-19-12/h2-8H,9H2,1H3,(H,15,16,17). The summed E-state index contributed by atoms with van der Waals surface area (Å²) in [7, 11) is 1.68. The van der Waals surface area contributed by atoms with Crippen LogP contribution in [0.15, 0.2) is 46.9 Å². The van der Waals surface area contributed by atoms with Crippen molar-refractivity contribution in [2.45, 2.75) is 10.9 Å². The number of thioether (sulfide) groups is 1. The first kappa shape index (κ1) is 13.2. The Morgan fingerprint density at radius 2 is 2.25 bits per heavy atom. The summed E-state index contributed by atoms with van der Waals surface area (Å²) in [6.07, 6.45) is 0. The van der Waals surface area contributed by atoms with Crippen molar-refractivity contribution in [2.24, 2.45) is 0 Å². The van der Waals surface area contributed by atoms with Crippen LogP contribution >= 0.6 is 23.1 Å². The fraction of sp³-hybridized carbons (Fsp3) is 0.143. The average Bonchev–Trinajstić information content (AvgIpc) is 3.16. The lowest BCUT2D eigenvalue weighted by Gasteiger charge is -2.02. The van der Waals surface area contributed by atoms with E-state index >= 15 is 0 Å². The first-order chi connectivity index (χ1) is 9.85. The summed E-state index contributed by atoms with van der Waals surface area (Å²) in [6, 6.07) is 12.1. The van der Waals surface area contributed by atoms with E-state index in [1.54, 1.807) is 30.2 Å². The van der Waals surface area contributed by atoms with E-state index in [9.17, 15) is 0 Å². The van der Waals surface area contributed by atoms with E-state index in [2.05, 4.69) is 21.2 Å². The Morgan fingerprint density at radius 3 is 3.05 bits per heavy atom. The van der Waals surface area contributed by atoms with Crippen LogP contribution in [0.3, 0.4) is 0 Å². The van der Waals surface area contributed by atoms with Gasteiger partial charge in [-0.1, -0.05) is 30.0 Å². The van der Waals surface area contributed by atoms with Crippen molar-refractivity contribution in [2.75, 3.05) is 7.11 Å². The Hall–Kier alpha value is -1.79. The minimum absolute atomic E-state index is 0.760. The van der Waals surface area contributed by atoms with Crippen LogP contribution in [0.1, 0.15) is 5.56 Å². The highest BCUT2D eigenvalue weighted by Gasteiger charge is 2.07. The molecule has 2 aromatic heterocycles. The lowest BCUT2D eigenvalue weighted by Crippen LogP contribution is -1.86. The molecule has 1 aromatic carbocycles. The summed E-state index contributed by atoms with van der Waals surface area (Å²) in [5.41, 5.74) is 1.19. The fourth-order valence-electron chi connectivity index (χ4n) is 1.74. The Kier molecular flexibility index (Phi) is 4.03. The van der Waals surface area contributed by atoms with Gasteiger partial charge in [0.25, 0.3) is 0 Å². The molecule has 0 spiro atoms. The first-order valence-corrected chi connectivity index (χ1v) is 7.93. The molecule has 2 heterocycles. The van der Waals surface area contributed by atoms with Crippen LogP contribution in [0.5, 0.6) is 5.75 Å². The molecule has 3 aromatic rings. The van der Waals surface area contributed by atoms with Crippen LogP contribution < -0.4 is 4.74 Å². The number of methoxy groups -OCH3 is 1. The van der Waals surface area contributed by atoms with Crippen molar-refractivity contribution < 1.29 is 4.74 Å². The van der Waals surface area contributed by atoms with Crippen molar-refractivity contribution in [3.05, 3.63) is 47.3 Å². The second-order valence-corrected chi connectivity index (χ2v) is 5.97. The Labute approximate surface area is 125 Å². The monoisotopic (exact) mass is 303 g/mol. The average molecular weight is 303 g/mol. The molecule has 20 heavy (non-hydrogen) atoms. The molecule has 102 valence electrons. The highest BCUT2D eigenvalue weighted by atomic mass is 32.2. The summed E-state index contributed by atoms with van der Waals surface area (Å²) >= 11 is 3.26. The van der Waals surface area contributed by atoms with Gasteiger partial charge >= 0.3 is 0 Å². The number of rotatable bonds is 5. The molecule has 0 aliphatic heterocycles. The smallest absolute Gasteiger partial charge is 0.209 e. The molecule has 0 atom stereocenters. The fourth-order valence-corrected chi connectivity index (χ4v) is 3.15. The summed E-state index contributed by atoms with van der Waals surface area (Å²) < 4.78 is 5.21. The Bertz CT molecular complexity index is 679. The van der Waals surface area contributed by atoms with E-state index in [1.165, 1.54) is 5.56 Å². The van der Waals surface area contributed by atoms with Crippen LogP contribution in [-0.2, 0) is 5.75 Å². The maximum atomic E-state index is 5.21. The number of nitrogens with zero attached hydrogens (tertiary/aromatic N) is 2. The topological polar surface area (TPSA) is 50.8 Å². The van der Waals surface area contributed by atoms with Crippen molar-refractivity contribution in [3.8, 4) is 16.5 Å². The largest absolute Gasteiger partial charge is 0.497 e. The molecule has 0 saturated carbocycles. The predicted molar refractivity (Wildman–Crippen MR) is 82.3 cm³/mol. The molecule has 0 aliphatic rings. The Balaban J connectivity index is 1.66. The number of aromatic nitrogens is 3. The predicted octanol–water partition coefficient (Wildman–Crippen LogP) is 3.83. The highest BCUT2D eigenvalue weighted by Crippen LogP contribution is 2.25. The number of benzene rings is 1. The molecule has 0 fully saturated rings. The molecule has 0 radical (unpaired) electrons. The normalized spacial score (nSPS) is 10.7. The summed E-state index contributed by atoms with van der Waals surface area (Å²) in [5, 5.41) is 9.99. The van der Waals surface area contributed by atoms with Crippen molar-refractivity contribution in [3.63, 3.8) is 0 Å². The summed E-state index contributed by atoms with van der Waals surface area (Å²) in [6.45, 7) is 0. The van der Waals surface area contributed by atoms with Crippen molar-refractivity contribution in [1.29, 1.82) is 0 Å². The first-order valence-electron chi connectivity index (χ1n) is 6.07. The molecule has 0 aliphatic carbocycles. The lowest BCUT2D eigenvalue weighted by molar-refractivity contribution is 0.414. The number of ether oxygens (including phenoxy) is 1. The zero-order valence-electron chi connectivity index (χ0n) is 10.9. The van der Waals surface area contributed by atoms with Crippen LogP contribution in [-0.4, -0.2) is 22.3 Å². The third kappa shape index (κ3) is 3.02. The highest BCUT2D eigenvalue weighted by molar-refractivity contribution is 7.98. The number of hydrogen-bond acceptors (Lipinski definition) is 5. The van der Waals surface area contributed by atoms with E-state index in [1.807, 2.05) is 35.7 Å². The molecule has 3 rings (SSSR count). The number of H-pyrrole nitrogens is 1. The van der Waals surface area contributed by atoms with Gasteiger partial charge < -0.3 is 4.74 Å². The SMILES string of the molecule is COc1cccc(CSc2n[nH]c(-c3cccs3)n2)c1. The minimum atomic E-state index is 0.760. The molecular formula is C14H13N3OS2. The van der Waals surface area contributed by atoms with Gasteiger partial charge in [0.1, 0.15) is 5.75 Å². The number of aromatic amines is 1. The molecule has 0 saturated heterocycles. The molecule has 4 nitrogen and oxygen atoms in total. The minimum Gasteiger partial charge on any atom is -0.497 e. The van der Waals surface area contributed by atoms with Crippen LogP contribution in [0.4, 0.5) is 0 Å². The van der Waals surface area contributed by atoms with Gasteiger partial charge in [-0.15, -0.1) is 16.4 Å². The van der Waals surface area contributed by atoms with E-state index in [0.717, 1.165) is 27.4 Å². The summed E-state index contributed by atoms with van der Waals surface area (Å²) in [5.74, 6) is 2.52. The lowest BCUT2D eigenvalue weighted by atomic mass is 10.2. The number of thiophene rings is 1. The molecular weight excluding hydrogens is 290 g/mol. The van der Waals surface area contributed by atoms with Crippen LogP contribution in [0.25, 0.3) is 10.7 Å². The van der Waals surface area contributed by atoms with Gasteiger partial charge in [-0.05, 0) is 29.1 Å². The van der Waals surface area contributed by atoms with E-state index in [4.69, 9.17) is 4.74 Å². The van der Waals surface area contributed by atoms with Gasteiger partial charge in [0.15, 0.2) is 5.82 Å². The van der Waals surface area contributed by atoms with Crippen molar-refractivity contribution >= 4 is 23.1 Å². The van der Waals surface area contributed by atoms with E-state index in [0.29, 0.717) is 0 Å². The maximum Gasteiger partial charge on any atom is 0.209 e. The number of hydrogen-bond donors (Lipinski definition) is 1. The van der Waals surface area contributed by atoms with Gasteiger partial charge in [0.2, 0.25) is 5.16 Å². The van der Waals surface area contributed by atoms with Gasteiger partial charge in [-0.3, -0.25) is 5.10 Å². The van der Waals surface area contributed by atoms with Gasteiger partial charge in [0, 0.05) is 5.75 Å². The third-order valence-electron chi connectivity index (χ3n) is 2.72. The molecule has 6 heteroatoms. The Morgan fingerprint density at radius 1 is 1.30 bits per heavy atom. The third-order valence-corrected chi connectivity index (χ3v) is 4.52. The molecule has 1 N–H and O–H groups in total. The van der Waals surface area contributed by atoms with Crippen LogP contribution in [0.2, 0.25) is 0 Å².